The summed E-state index contributed by atoms with van der Waals surface area (Å²) in [4.78, 5) is 8.02. The minimum atomic E-state index is 0.318. The fraction of sp³-hybridized carbons (Fsp3) is 0.231. The SMILES string of the molecule is COc1c(N)ncnc1Nc1ccc(C)c(C)c1. The van der Waals surface area contributed by atoms with Gasteiger partial charge in [0.15, 0.2) is 11.6 Å². The molecule has 0 saturated heterocycles. The smallest absolute Gasteiger partial charge is 0.204 e. The predicted octanol–water partition coefficient (Wildman–Crippen LogP) is 2.43. The Labute approximate surface area is 106 Å². The van der Waals surface area contributed by atoms with Crippen LogP contribution in [0.2, 0.25) is 0 Å². The van der Waals surface area contributed by atoms with Gasteiger partial charge < -0.3 is 15.8 Å². The quantitative estimate of drug-likeness (QED) is 0.867. The van der Waals surface area contributed by atoms with Crippen LogP contribution in [-0.2, 0) is 0 Å². The second-order valence-corrected chi connectivity index (χ2v) is 4.06. The van der Waals surface area contributed by atoms with Gasteiger partial charge in [-0.15, -0.1) is 0 Å². The number of ether oxygens (including phenoxy) is 1. The van der Waals surface area contributed by atoms with E-state index in [1.54, 1.807) is 7.11 Å². The maximum Gasteiger partial charge on any atom is 0.204 e. The summed E-state index contributed by atoms with van der Waals surface area (Å²) in [5.74, 6) is 1.34. The average molecular weight is 244 g/mol. The molecule has 0 aliphatic rings. The van der Waals surface area contributed by atoms with Crippen molar-refractivity contribution in [1.82, 2.24) is 9.97 Å². The lowest BCUT2D eigenvalue weighted by Crippen LogP contribution is -2.03. The van der Waals surface area contributed by atoms with Gasteiger partial charge in [0.2, 0.25) is 5.75 Å². The Hall–Kier alpha value is -2.30. The number of rotatable bonds is 3. The van der Waals surface area contributed by atoms with Crippen LogP contribution in [0.5, 0.6) is 5.75 Å². The molecule has 1 aromatic heterocycles. The number of aryl methyl sites for hydroxylation is 2. The van der Waals surface area contributed by atoms with Gasteiger partial charge in [-0.05, 0) is 37.1 Å². The summed E-state index contributed by atoms with van der Waals surface area (Å²) in [5.41, 5.74) is 9.12. The number of anilines is 3. The van der Waals surface area contributed by atoms with Gasteiger partial charge >= 0.3 is 0 Å². The Bertz CT molecular complexity index is 569. The second-order valence-electron chi connectivity index (χ2n) is 4.06. The lowest BCUT2D eigenvalue weighted by molar-refractivity contribution is 0.415. The summed E-state index contributed by atoms with van der Waals surface area (Å²) in [6, 6.07) is 6.09. The van der Waals surface area contributed by atoms with Gasteiger partial charge in [0.05, 0.1) is 7.11 Å². The first-order chi connectivity index (χ1) is 8.61. The predicted molar refractivity (Wildman–Crippen MR) is 72.2 cm³/mol. The topological polar surface area (TPSA) is 73.1 Å². The lowest BCUT2D eigenvalue weighted by atomic mass is 10.1. The second kappa shape index (κ2) is 4.91. The van der Waals surface area contributed by atoms with Crippen LogP contribution in [-0.4, -0.2) is 17.1 Å². The third-order valence-electron chi connectivity index (χ3n) is 2.81. The number of hydrogen-bond donors (Lipinski definition) is 2. The number of nitrogen functional groups attached to an aromatic ring is 1. The van der Waals surface area contributed by atoms with Crippen molar-refractivity contribution in [3.8, 4) is 5.75 Å². The monoisotopic (exact) mass is 244 g/mol. The number of nitrogens with zero attached hydrogens (tertiary/aromatic N) is 2. The zero-order valence-corrected chi connectivity index (χ0v) is 10.7. The molecule has 94 valence electrons. The number of aromatic nitrogens is 2. The highest BCUT2D eigenvalue weighted by atomic mass is 16.5. The van der Waals surface area contributed by atoms with Crippen molar-refractivity contribution in [3.05, 3.63) is 35.7 Å². The molecule has 0 unspecified atom stereocenters. The van der Waals surface area contributed by atoms with Gasteiger partial charge in [-0.3, -0.25) is 0 Å². The van der Waals surface area contributed by atoms with E-state index in [4.69, 9.17) is 10.5 Å². The summed E-state index contributed by atoms with van der Waals surface area (Å²) >= 11 is 0. The van der Waals surface area contributed by atoms with E-state index in [1.807, 2.05) is 12.1 Å². The molecular weight excluding hydrogens is 228 g/mol. The van der Waals surface area contributed by atoms with E-state index < -0.39 is 0 Å². The molecule has 18 heavy (non-hydrogen) atoms. The highest BCUT2D eigenvalue weighted by Crippen LogP contribution is 2.29. The van der Waals surface area contributed by atoms with E-state index in [0.29, 0.717) is 17.4 Å². The van der Waals surface area contributed by atoms with Crippen LogP contribution in [0.1, 0.15) is 11.1 Å². The van der Waals surface area contributed by atoms with Gasteiger partial charge in [0.25, 0.3) is 0 Å². The molecule has 1 heterocycles. The van der Waals surface area contributed by atoms with Crippen LogP contribution in [0.25, 0.3) is 0 Å². The molecule has 1 aromatic carbocycles. The Morgan fingerprint density at radius 2 is 1.94 bits per heavy atom. The van der Waals surface area contributed by atoms with E-state index in [2.05, 4.69) is 35.2 Å². The van der Waals surface area contributed by atoms with E-state index in [-0.39, 0.29) is 0 Å². The van der Waals surface area contributed by atoms with Gasteiger partial charge in [0.1, 0.15) is 6.33 Å². The molecule has 5 heteroatoms. The summed E-state index contributed by atoms with van der Waals surface area (Å²) in [6.45, 7) is 4.13. The van der Waals surface area contributed by atoms with Gasteiger partial charge in [0, 0.05) is 5.69 Å². The summed E-state index contributed by atoms with van der Waals surface area (Å²) in [6.07, 6.45) is 1.40. The molecule has 0 saturated carbocycles. The van der Waals surface area contributed by atoms with Crippen molar-refractivity contribution in [1.29, 1.82) is 0 Å². The van der Waals surface area contributed by atoms with Crippen molar-refractivity contribution in [2.75, 3.05) is 18.2 Å². The number of nitrogens with one attached hydrogen (secondary N) is 1. The average Bonchev–Trinajstić information content (AvgIpc) is 2.34. The first kappa shape index (κ1) is 12.2. The zero-order valence-electron chi connectivity index (χ0n) is 10.7. The normalized spacial score (nSPS) is 10.2. The number of nitrogens with two attached hydrogens (primary N) is 1. The van der Waals surface area contributed by atoms with Crippen molar-refractivity contribution in [2.45, 2.75) is 13.8 Å². The summed E-state index contributed by atoms with van der Waals surface area (Å²) in [7, 11) is 1.54. The van der Waals surface area contributed by atoms with Crippen molar-refractivity contribution in [3.63, 3.8) is 0 Å². The van der Waals surface area contributed by atoms with Crippen molar-refractivity contribution in [2.24, 2.45) is 0 Å². The Kier molecular flexibility index (Phi) is 3.32. The highest BCUT2D eigenvalue weighted by molar-refractivity contribution is 5.68. The maximum atomic E-state index is 5.72. The fourth-order valence-corrected chi connectivity index (χ4v) is 1.63. The fourth-order valence-electron chi connectivity index (χ4n) is 1.63. The van der Waals surface area contributed by atoms with Gasteiger partial charge in [-0.2, -0.15) is 0 Å². The molecule has 0 atom stereocenters. The van der Waals surface area contributed by atoms with Crippen LogP contribution in [0.3, 0.4) is 0 Å². The van der Waals surface area contributed by atoms with Crippen LogP contribution in [0.4, 0.5) is 17.3 Å². The molecule has 0 aliphatic heterocycles. The van der Waals surface area contributed by atoms with Crippen LogP contribution in [0.15, 0.2) is 24.5 Å². The van der Waals surface area contributed by atoms with E-state index in [9.17, 15) is 0 Å². The Balaban J connectivity index is 2.34. The first-order valence-corrected chi connectivity index (χ1v) is 5.60. The third kappa shape index (κ3) is 2.34. The zero-order chi connectivity index (χ0) is 13.1. The highest BCUT2D eigenvalue weighted by Gasteiger charge is 2.09. The number of hydrogen-bond acceptors (Lipinski definition) is 5. The summed E-state index contributed by atoms with van der Waals surface area (Å²) in [5, 5.41) is 3.18. The van der Waals surface area contributed by atoms with Crippen LogP contribution >= 0.6 is 0 Å². The molecule has 0 spiro atoms. The molecule has 3 N–H and O–H groups in total. The standard InChI is InChI=1S/C13H16N4O/c1-8-4-5-10(6-9(8)2)17-13-11(18-3)12(14)15-7-16-13/h4-7H,1-3H3,(H3,14,15,16,17). The lowest BCUT2D eigenvalue weighted by Gasteiger charge is -2.12. The molecule has 0 aliphatic carbocycles. The molecule has 2 rings (SSSR count). The number of methoxy groups -OCH3 is 1. The number of benzene rings is 1. The molecule has 5 nitrogen and oxygen atoms in total. The van der Waals surface area contributed by atoms with Gasteiger partial charge in [-0.1, -0.05) is 6.07 Å². The van der Waals surface area contributed by atoms with Crippen LogP contribution in [0, 0.1) is 13.8 Å². The molecule has 0 amide bonds. The molecule has 0 radical (unpaired) electrons. The van der Waals surface area contributed by atoms with Crippen molar-refractivity contribution < 1.29 is 4.74 Å². The molecule has 0 bridgehead atoms. The minimum absolute atomic E-state index is 0.318. The van der Waals surface area contributed by atoms with Gasteiger partial charge in [-0.25, -0.2) is 9.97 Å². The Morgan fingerprint density at radius 1 is 1.17 bits per heavy atom. The summed E-state index contributed by atoms with van der Waals surface area (Å²) < 4.78 is 5.19. The largest absolute Gasteiger partial charge is 0.490 e. The van der Waals surface area contributed by atoms with E-state index in [0.717, 1.165) is 5.69 Å². The molecule has 2 aromatic rings. The molecular formula is C13H16N4O. The van der Waals surface area contributed by atoms with Crippen molar-refractivity contribution >= 4 is 17.3 Å². The maximum absolute atomic E-state index is 5.72. The first-order valence-electron chi connectivity index (χ1n) is 5.60. The Morgan fingerprint density at radius 3 is 2.61 bits per heavy atom. The minimum Gasteiger partial charge on any atom is -0.490 e. The van der Waals surface area contributed by atoms with E-state index >= 15 is 0 Å². The van der Waals surface area contributed by atoms with Crippen LogP contribution < -0.4 is 15.8 Å². The molecule has 0 fully saturated rings. The third-order valence-corrected chi connectivity index (χ3v) is 2.81. The van der Waals surface area contributed by atoms with E-state index in [1.165, 1.54) is 17.5 Å².